The first-order valence-electron chi connectivity index (χ1n) is 5.13. The fraction of sp³-hybridized carbons (Fsp3) is 0.500. The van der Waals surface area contributed by atoms with Crippen LogP contribution in [0.4, 0.5) is 4.39 Å². The van der Waals surface area contributed by atoms with Crippen LogP contribution in [0.25, 0.3) is 0 Å². The molecule has 0 spiro atoms. The van der Waals surface area contributed by atoms with Gasteiger partial charge in [-0.15, -0.1) is 23.2 Å². The normalized spacial score (nSPS) is 11.8. The van der Waals surface area contributed by atoms with Crippen LogP contribution in [0, 0.1) is 11.2 Å². The molecule has 0 saturated carbocycles. The van der Waals surface area contributed by atoms with Crippen molar-refractivity contribution in [2.24, 2.45) is 5.41 Å². The third-order valence-electron chi connectivity index (χ3n) is 2.91. The van der Waals surface area contributed by atoms with Gasteiger partial charge < -0.3 is 0 Å². The SMILES string of the molecule is CCC(CCl)(CCl)Cc1cccc(Cl)c1F. The molecular weight excluding hydrogens is 269 g/mol. The zero-order valence-corrected chi connectivity index (χ0v) is 11.3. The second-order valence-corrected chi connectivity index (χ2v) is 4.95. The zero-order valence-electron chi connectivity index (χ0n) is 9.07. The fourth-order valence-corrected chi connectivity index (χ4v) is 2.58. The van der Waals surface area contributed by atoms with Crippen molar-refractivity contribution in [2.45, 2.75) is 19.8 Å². The number of hydrogen-bond acceptors (Lipinski definition) is 0. The lowest BCUT2D eigenvalue weighted by Crippen LogP contribution is -2.27. The second-order valence-electron chi connectivity index (χ2n) is 4.01. The Kier molecular flexibility index (Phi) is 5.36. The van der Waals surface area contributed by atoms with E-state index in [-0.39, 0.29) is 16.3 Å². The van der Waals surface area contributed by atoms with Crippen molar-refractivity contribution in [1.82, 2.24) is 0 Å². The van der Waals surface area contributed by atoms with Gasteiger partial charge in [-0.2, -0.15) is 0 Å². The third-order valence-corrected chi connectivity index (χ3v) is 4.34. The smallest absolute Gasteiger partial charge is 0.144 e. The molecule has 0 aliphatic carbocycles. The Morgan fingerprint density at radius 3 is 2.38 bits per heavy atom. The highest BCUT2D eigenvalue weighted by Crippen LogP contribution is 2.32. The topological polar surface area (TPSA) is 0 Å². The third kappa shape index (κ3) is 3.03. The Hall–Kier alpha value is 0.0200. The average molecular weight is 284 g/mol. The van der Waals surface area contributed by atoms with E-state index in [2.05, 4.69) is 0 Å². The zero-order chi connectivity index (χ0) is 12.2. The van der Waals surface area contributed by atoms with Crippen molar-refractivity contribution in [3.8, 4) is 0 Å². The summed E-state index contributed by atoms with van der Waals surface area (Å²) in [5.41, 5.74) is 0.324. The van der Waals surface area contributed by atoms with E-state index in [1.54, 1.807) is 12.1 Å². The number of benzene rings is 1. The highest BCUT2D eigenvalue weighted by Gasteiger charge is 2.28. The van der Waals surface area contributed by atoms with Crippen LogP contribution in [0.5, 0.6) is 0 Å². The van der Waals surface area contributed by atoms with Crippen LogP contribution >= 0.6 is 34.8 Å². The molecule has 4 heteroatoms. The summed E-state index contributed by atoms with van der Waals surface area (Å²) in [6, 6.07) is 5.00. The number of rotatable bonds is 5. The minimum atomic E-state index is -0.364. The standard InChI is InChI=1S/C12H14Cl3F/c1-2-12(7-13,8-14)6-9-4-3-5-10(15)11(9)16/h3-5H,2,6-8H2,1H3. The van der Waals surface area contributed by atoms with Crippen molar-refractivity contribution in [3.05, 3.63) is 34.6 Å². The van der Waals surface area contributed by atoms with Crippen LogP contribution in [0.2, 0.25) is 5.02 Å². The van der Waals surface area contributed by atoms with Gasteiger partial charge in [-0.1, -0.05) is 30.7 Å². The minimum Gasteiger partial charge on any atom is -0.205 e. The van der Waals surface area contributed by atoms with E-state index in [1.165, 1.54) is 6.07 Å². The molecule has 0 aliphatic rings. The van der Waals surface area contributed by atoms with Crippen LogP contribution in [-0.4, -0.2) is 11.8 Å². The lowest BCUT2D eigenvalue weighted by atomic mass is 9.83. The Morgan fingerprint density at radius 2 is 1.88 bits per heavy atom. The summed E-state index contributed by atoms with van der Waals surface area (Å²) in [5, 5.41) is 0.145. The fourth-order valence-electron chi connectivity index (χ4n) is 1.53. The molecule has 0 saturated heterocycles. The molecule has 0 nitrogen and oxygen atoms in total. The molecule has 0 heterocycles. The monoisotopic (exact) mass is 282 g/mol. The van der Waals surface area contributed by atoms with Crippen molar-refractivity contribution >= 4 is 34.8 Å². The van der Waals surface area contributed by atoms with E-state index in [4.69, 9.17) is 34.8 Å². The number of alkyl halides is 2. The predicted molar refractivity (Wildman–Crippen MR) is 69.3 cm³/mol. The lowest BCUT2D eigenvalue weighted by Gasteiger charge is -2.28. The van der Waals surface area contributed by atoms with E-state index in [9.17, 15) is 4.39 Å². The van der Waals surface area contributed by atoms with Crippen molar-refractivity contribution in [3.63, 3.8) is 0 Å². The second kappa shape index (κ2) is 6.09. The first kappa shape index (κ1) is 14.1. The summed E-state index contributed by atoms with van der Waals surface area (Å²) in [6.45, 7) is 2.01. The van der Waals surface area contributed by atoms with Gasteiger partial charge in [-0.3, -0.25) is 0 Å². The molecule has 0 aromatic heterocycles. The maximum Gasteiger partial charge on any atom is 0.144 e. The molecule has 0 amide bonds. The molecule has 16 heavy (non-hydrogen) atoms. The van der Waals surface area contributed by atoms with E-state index in [0.29, 0.717) is 23.7 Å². The van der Waals surface area contributed by atoms with Crippen molar-refractivity contribution < 1.29 is 4.39 Å². The molecule has 90 valence electrons. The molecule has 0 aliphatic heterocycles. The van der Waals surface area contributed by atoms with Crippen LogP contribution in [-0.2, 0) is 6.42 Å². The number of hydrogen-bond donors (Lipinski definition) is 0. The lowest BCUT2D eigenvalue weighted by molar-refractivity contribution is 0.356. The van der Waals surface area contributed by atoms with E-state index in [1.807, 2.05) is 6.92 Å². The summed E-state index contributed by atoms with van der Waals surface area (Å²) in [4.78, 5) is 0. The van der Waals surface area contributed by atoms with Gasteiger partial charge in [0, 0.05) is 17.2 Å². The van der Waals surface area contributed by atoms with Gasteiger partial charge in [0.1, 0.15) is 5.82 Å². The molecule has 0 radical (unpaired) electrons. The molecule has 0 bridgehead atoms. The van der Waals surface area contributed by atoms with Crippen LogP contribution < -0.4 is 0 Å². The molecule has 0 N–H and O–H groups in total. The van der Waals surface area contributed by atoms with Gasteiger partial charge in [0.25, 0.3) is 0 Å². The molecule has 1 aromatic rings. The van der Waals surface area contributed by atoms with Gasteiger partial charge in [0.05, 0.1) is 5.02 Å². The Morgan fingerprint density at radius 1 is 1.25 bits per heavy atom. The van der Waals surface area contributed by atoms with E-state index in [0.717, 1.165) is 6.42 Å². The largest absolute Gasteiger partial charge is 0.205 e. The van der Waals surface area contributed by atoms with Gasteiger partial charge >= 0.3 is 0 Å². The molecule has 0 atom stereocenters. The Bertz CT molecular complexity index is 340. The molecule has 0 unspecified atom stereocenters. The quantitative estimate of drug-likeness (QED) is 0.675. The van der Waals surface area contributed by atoms with Crippen molar-refractivity contribution in [1.29, 1.82) is 0 Å². The maximum atomic E-state index is 13.7. The van der Waals surface area contributed by atoms with Gasteiger partial charge in [0.15, 0.2) is 0 Å². The van der Waals surface area contributed by atoms with Gasteiger partial charge in [-0.05, 0) is 24.5 Å². The molecule has 1 rings (SSSR count). The molecular formula is C12H14Cl3F. The Balaban J connectivity index is 2.98. The summed E-state index contributed by atoms with van der Waals surface area (Å²) < 4.78 is 13.7. The average Bonchev–Trinajstić information content (AvgIpc) is 2.32. The van der Waals surface area contributed by atoms with Crippen LogP contribution in [0.15, 0.2) is 18.2 Å². The Labute approximate surface area is 111 Å². The van der Waals surface area contributed by atoms with Gasteiger partial charge in [0.2, 0.25) is 0 Å². The molecule has 1 aromatic carbocycles. The predicted octanol–water partition coefficient (Wildman–Crippen LogP) is 4.90. The summed E-state index contributed by atoms with van der Waals surface area (Å²) in [6.07, 6.45) is 1.33. The first-order chi connectivity index (χ1) is 7.58. The van der Waals surface area contributed by atoms with Crippen LogP contribution in [0.3, 0.4) is 0 Å². The van der Waals surface area contributed by atoms with E-state index < -0.39 is 0 Å². The highest BCUT2D eigenvalue weighted by molar-refractivity contribution is 6.30. The maximum absolute atomic E-state index is 13.7. The van der Waals surface area contributed by atoms with Gasteiger partial charge in [-0.25, -0.2) is 4.39 Å². The summed E-state index contributed by atoms with van der Waals surface area (Å²) in [5.74, 6) is 0.468. The minimum absolute atomic E-state index is 0.145. The summed E-state index contributed by atoms with van der Waals surface area (Å²) >= 11 is 17.6. The van der Waals surface area contributed by atoms with Crippen molar-refractivity contribution in [2.75, 3.05) is 11.8 Å². The van der Waals surface area contributed by atoms with E-state index >= 15 is 0 Å². The highest BCUT2D eigenvalue weighted by atomic mass is 35.5. The summed E-state index contributed by atoms with van der Waals surface area (Å²) in [7, 11) is 0. The molecule has 0 fully saturated rings. The first-order valence-corrected chi connectivity index (χ1v) is 6.58. The number of halogens is 4. The van der Waals surface area contributed by atoms with Crippen LogP contribution in [0.1, 0.15) is 18.9 Å².